The van der Waals surface area contributed by atoms with Gasteiger partial charge < -0.3 is 4.57 Å². The third-order valence-electron chi connectivity index (χ3n) is 6.61. The molecule has 0 aliphatic carbocycles. The van der Waals surface area contributed by atoms with Crippen LogP contribution in [0.25, 0.3) is 5.69 Å². The average molecular weight is 543 g/mol. The number of hydrazone groups is 1. The smallest absolute Gasteiger partial charge is 0.264 e. The number of aryl methyl sites for hydroxylation is 5. The summed E-state index contributed by atoms with van der Waals surface area (Å²) >= 11 is 0. The molecule has 3 aromatic carbocycles. The van der Waals surface area contributed by atoms with Crippen molar-refractivity contribution in [1.82, 2.24) is 9.99 Å². The van der Waals surface area contributed by atoms with Crippen LogP contribution in [0.15, 0.2) is 82.8 Å². The Morgan fingerprint density at radius 2 is 1.51 bits per heavy atom. The monoisotopic (exact) mass is 542 g/mol. The maximum absolute atomic E-state index is 13.6. The summed E-state index contributed by atoms with van der Waals surface area (Å²) in [6.07, 6.45) is 1.59. The first-order valence-electron chi connectivity index (χ1n) is 12.7. The SMILES string of the molecule is Cc1ccc(S(=O)(=O)N(CC(=O)N/N=C\c2cc(C)n(-c3ccccc3C)c2C)c2cc(C)cc(C)c2)cc1. The minimum atomic E-state index is -4.00. The van der Waals surface area contributed by atoms with E-state index in [1.54, 1.807) is 42.6 Å². The molecule has 0 unspecified atom stereocenters. The number of aromatic nitrogens is 1. The number of amides is 1. The second-order valence-electron chi connectivity index (χ2n) is 9.91. The van der Waals surface area contributed by atoms with Crippen LogP contribution in [0.2, 0.25) is 0 Å². The highest BCUT2D eigenvalue weighted by molar-refractivity contribution is 7.92. The zero-order valence-corrected chi connectivity index (χ0v) is 24.0. The Labute approximate surface area is 230 Å². The summed E-state index contributed by atoms with van der Waals surface area (Å²) in [6, 6.07) is 22.2. The van der Waals surface area contributed by atoms with Gasteiger partial charge >= 0.3 is 0 Å². The summed E-state index contributed by atoms with van der Waals surface area (Å²) in [4.78, 5) is 13.1. The molecular formula is C31H34N4O3S. The summed E-state index contributed by atoms with van der Waals surface area (Å²) in [5.41, 5.74) is 10.8. The lowest BCUT2D eigenvalue weighted by Crippen LogP contribution is -2.39. The molecule has 0 atom stereocenters. The van der Waals surface area contributed by atoms with Gasteiger partial charge in [-0.05, 0) is 94.6 Å². The summed E-state index contributed by atoms with van der Waals surface area (Å²) in [5.74, 6) is -0.547. The Bertz CT molecular complexity index is 1630. The van der Waals surface area contributed by atoms with Gasteiger partial charge in [0.05, 0.1) is 16.8 Å². The molecule has 4 aromatic rings. The van der Waals surface area contributed by atoms with Crippen LogP contribution < -0.4 is 9.73 Å². The Morgan fingerprint density at radius 3 is 2.15 bits per heavy atom. The van der Waals surface area contributed by atoms with Gasteiger partial charge in [-0.2, -0.15) is 5.10 Å². The van der Waals surface area contributed by atoms with Crippen molar-refractivity contribution in [2.75, 3.05) is 10.8 Å². The van der Waals surface area contributed by atoms with E-state index in [0.717, 1.165) is 49.2 Å². The Morgan fingerprint density at radius 1 is 0.872 bits per heavy atom. The van der Waals surface area contributed by atoms with Crippen LogP contribution in [-0.2, 0) is 14.8 Å². The van der Waals surface area contributed by atoms with E-state index in [1.165, 1.54) is 0 Å². The molecule has 0 bridgehead atoms. The fourth-order valence-corrected chi connectivity index (χ4v) is 6.09. The zero-order chi connectivity index (χ0) is 28.3. The van der Waals surface area contributed by atoms with Crippen LogP contribution in [0.5, 0.6) is 0 Å². The minimum absolute atomic E-state index is 0.118. The van der Waals surface area contributed by atoms with Crippen molar-refractivity contribution in [3.05, 3.63) is 112 Å². The lowest BCUT2D eigenvalue weighted by Gasteiger charge is -2.24. The van der Waals surface area contributed by atoms with Crippen molar-refractivity contribution in [1.29, 1.82) is 0 Å². The largest absolute Gasteiger partial charge is 0.318 e. The average Bonchev–Trinajstić information content (AvgIpc) is 3.15. The predicted octanol–water partition coefficient (Wildman–Crippen LogP) is 5.67. The Balaban J connectivity index is 1.58. The number of carbonyl (C=O) groups excluding carboxylic acids is 1. The normalized spacial score (nSPS) is 11.6. The number of anilines is 1. The predicted molar refractivity (Wildman–Crippen MR) is 157 cm³/mol. The Hall–Kier alpha value is -4.17. The van der Waals surface area contributed by atoms with Crippen LogP contribution in [0, 0.1) is 41.5 Å². The second kappa shape index (κ2) is 11.3. The fourth-order valence-electron chi connectivity index (χ4n) is 4.69. The molecule has 0 fully saturated rings. The first kappa shape index (κ1) is 27.9. The number of hydrogen-bond acceptors (Lipinski definition) is 4. The van der Waals surface area contributed by atoms with E-state index in [4.69, 9.17) is 0 Å². The highest BCUT2D eigenvalue weighted by Gasteiger charge is 2.27. The molecule has 7 nitrogen and oxygen atoms in total. The molecule has 0 aliphatic rings. The molecule has 4 rings (SSSR count). The highest BCUT2D eigenvalue weighted by Crippen LogP contribution is 2.26. The summed E-state index contributed by atoms with van der Waals surface area (Å²) in [7, 11) is -4.00. The number of sulfonamides is 1. The first-order valence-corrected chi connectivity index (χ1v) is 14.2. The van der Waals surface area contributed by atoms with Crippen molar-refractivity contribution in [3.63, 3.8) is 0 Å². The van der Waals surface area contributed by atoms with Gasteiger partial charge in [-0.25, -0.2) is 13.8 Å². The van der Waals surface area contributed by atoms with E-state index in [-0.39, 0.29) is 4.90 Å². The molecule has 0 aliphatic heterocycles. The minimum Gasteiger partial charge on any atom is -0.318 e. The molecule has 8 heteroatoms. The number of hydrogen-bond donors (Lipinski definition) is 1. The van der Waals surface area contributed by atoms with Crippen molar-refractivity contribution in [2.24, 2.45) is 5.10 Å². The maximum Gasteiger partial charge on any atom is 0.264 e. The van der Waals surface area contributed by atoms with Gasteiger partial charge in [-0.1, -0.05) is 42.0 Å². The molecule has 0 radical (unpaired) electrons. The zero-order valence-electron chi connectivity index (χ0n) is 23.2. The number of nitrogens with zero attached hydrogens (tertiary/aromatic N) is 3. The van der Waals surface area contributed by atoms with E-state index < -0.39 is 22.5 Å². The molecule has 0 spiro atoms. The van der Waals surface area contributed by atoms with E-state index in [2.05, 4.69) is 34.2 Å². The van der Waals surface area contributed by atoms with Crippen molar-refractivity contribution in [2.45, 2.75) is 46.4 Å². The maximum atomic E-state index is 13.6. The van der Waals surface area contributed by atoms with Gasteiger partial charge in [-0.15, -0.1) is 0 Å². The molecule has 1 N–H and O–H groups in total. The molecule has 1 aromatic heterocycles. The van der Waals surface area contributed by atoms with Gasteiger partial charge in [0.15, 0.2) is 0 Å². The molecule has 39 heavy (non-hydrogen) atoms. The number of benzene rings is 3. The number of nitrogens with one attached hydrogen (secondary N) is 1. The lowest BCUT2D eigenvalue weighted by atomic mass is 10.1. The summed E-state index contributed by atoms with van der Waals surface area (Å²) in [5, 5.41) is 4.16. The van der Waals surface area contributed by atoms with Crippen LogP contribution >= 0.6 is 0 Å². The number of rotatable bonds is 8. The standard InChI is InChI=1S/C31H34N4O3S/c1-21-11-13-29(14-12-21)39(37,38)34(28-16-22(2)15-23(3)17-28)20-31(36)33-32-19-27-18-25(5)35(26(27)6)30-10-8-7-9-24(30)4/h7-19H,20H2,1-6H3,(H,33,36)/b32-19-. The molecule has 1 amide bonds. The third-order valence-corrected chi connectivity index (χ3v) is 8.40. The van der Waals surface area contributed by atoms with E-state index in [1.807, 2.05) is 58.9 Å². The highest BCUT2D eigenvalue weighted by atomic mass is 32.2. The van der Waals surface area contributed by atoms with Gasteiger partial charge in [-0.3, -0.25) is 9.10 Å². The fraction of sp³-hybridized carbons (Fsp3) is 0.226. The number of para-hydroxylation sites is 1. The van der Waals surface area contributed by atoms with Crippen molar-refractivity contribution < 1.29 is 13.2 Å². The van der Waals surface area contributed by atoms with Gasteiger partial charge in [0.25, 0.3) is 15.9 Å². The molecule has 202 valence electrons. The summed E-state index contributed by atoms with van der Waals surface area (Å²) < 4.78 is 30.6. The van der Waals surface area contributed by atoms with Gasteiger partial charge in [0, 0.05) is 22.6 Å². The Kier molecular flexibility index (Phi) is 8.06. The second-order valence-corrected chi connectivity index (χ2v) is 11.8. The molecule has 1 heterocycles. The van der Waals surface area contributed by atoms with Gasteiger partial charge in [0.2, 0.25) is 0 Å². The van der Waals surface area contributed by atoms with Gasteiger partial charge in [0.1, 0.15) is 6.54 Å². The summed E-state index contributed by atoms with van der Waals surface area (Å²) in [6.45, 7) is 11.3. The number of carbonyl (C=O) groups is 1. The van der Waals surface area contributed by atoms with Crippen LogP contribution in [0.1, 0.15) is 39.2 Å². The first-order chi connectivity index (χ1) is 18.5. The van der Waals surface area contributed by atoms with E-state index in [0.29, 0.717) is 5.69 Å². The van der Waals surface area contributed by atoms with Crippen LogP contribution in [-0.4, -0.2) is 31.7 Å². The van der Waals surface area contributed by atoms with E-state index >= 15 is 0 Å². The third kappa shape index (κ3) is 6.12. The lowest BCUT2D eigenvalue weighted by molar-refractivity contribution is -0.119. The molecular weight excluding hydrogens is 508 g/mol. The van der Waals surface area contributed by atoms with E-state index in [9.17, 15) is 13.2 Å². The van der Waals surface area contributed by atoms with Crippen LogP contribution in [0.3, 0.4) is 0 Å². The molecule has 0 saturated carbocycles. The van der Waals surface area contributed by atoms with Crippen molar-refractivity contribution >= 4 is 27.8 Å². The quantitative estimate of drug-likeness (QED) is 0.230. The van der Waals surface area contributed by atoms with Crippen molar-refractivity contribution in [3.8, 4) is 5.69 Å². The topological polar surface area (TPSA) is 83.8 Å². The molecule has 0 saturated heterocycles. The van der Waals surface area contributed by atoms with Crippen LogP contribution in [0.4, 0.5) is 5.69 Å².